The summed E-state index contributed by atoms with van der Waals surface area (Å²) in [5.74, 6) is 0.516. The molecule has 0 atom stereocenters. The third-order valence-corrected chi connectivity index (χ3v) is 5.92. The number of halogens is 2. The highest BCUT2D eigenvalue weighted by Gasteiger charge is 2.29. The first-order valence-corrected chi connectivity index (χ1v) is 11.3. The van der Waals surface area contributed by atoms with Crippen LogP contribution in [0.5, 0.6) is 5.75 Å². The van der Waals surface area contributed by atoms with Gasteiger partial charge in [-0.2, -0.15) is 10.1 Å². The molecule has 0 fully saturated rings. The lowest BCUT2D eigenvalue weighted by Crippen LogP contribution is -2.21. The van der Waals surface area contributed by atoms with Gasteiger partial charge in [-0.05, 0) is 71.2 Å². The lowest BCUT2D eigenvalue weighted by Gasteiger charge is -2.14. The fraction of sp³-hybridized carbons (Fsp3) is 0.120. The average Bonchev–Trinajstić information content (AvgIpc) is 3.02. The van der Waals surface area contributed by atoms with Crippen LogP contribution < -0.4 is 9.75 Å². The zero-order valence-corrected chi connectivity index (χ0v) is 20.3. The molecule has 0 aliphatic carbocycles. The Balaban J connectivity index is 1.68. The van der Waals surface area contributed by atoms with Gasteiger partial charge in [0.2, 0.25) is 0 Å². The number of carbonyl (C=O) groups excluding carboxylic acids is 1. The van der Waals surface area contributed by atoms with E-state index in [1.807, 2.05) is 86.7 Å². The molecule has 4 nitrogen and oxygen atoms in total. The van der Waals surface area contributed by atoms with Gasteiger partial charge in [-0.25, -0.2) is 0 Å². The largest absolute Gasteiger partial charge is 0.487 e. The van der Waals surface area contributed by atoms with Crippen LogP contribution in [0.25, 0.3) is 6.08 Å². The average molecular weight is 540 g/mol. The molecule has 0 saturated heterocycles. The fourth-order valence-electron chi connectivity index (χ4n) is 3.34. The van der Waals surface area contributed by atoms with Crippen molar-refractivity contribution in [3.8, 4) is 5.75 Å². The zero-order valence-electron chi connectivity index (χ0n) is 17.1. The van der Waals surface area contributed by atoms with Gasteiger partial charge in [0, 0.05) is 10.0 Å². The van der Waals surface area contributed by atoms with Crippen LogP contribution in [0.1, 0.15) is 23.6 Å². The number of nitrogens with zero attached hydrogens (tertiary/aromatic N) is 2. The third kappa shape index (κ3) is 4.81. The van der Waals surface area contributed by atoms with Gasteiger partial charge in [-0.15, -0.1) is 0 Å². The highest BCUT2D eigenvalue weighted by Crippen LogP contribution is 2.36. The van der Waals surface area contributed by atoms with Gasteiger partial charge >= 0.3 is 0 Å². The minimum Gasteiger partial charge on any atom is -0.487 e. The summed E-state index contributed by atoms with van der Waals surface area (Å²) >= 11 is 7.14. The number of anilines is 1. The van der Waals surface area contributed by atoms with E-state index in [4.69, 9.17) is 4.74 Å². The molecule has 3 aromatic carbocycles. The van der Waals surface area contributed by atoms with Crippen LogP contribution in [0.2, 0.25) is 0 Å². The molecule has 0 N–H and O–H groups in total. The lowest BCUT2D eigenvalue weighted by molar-refractivity contribution is -0.114. The lowest BCUT2D eigenvalue weighted by atomic mass is 10.1. The van der Waals surface area contributed by atoms with E-state index in [0.717, 1.165) is 31.3 Å². The Morgan fingerprint density at radius 2 is 1.77 bits per heavy atom. The second kappa shape index (κ2) is 9.20. The first-order chi connectivity index (χ1) is 14.9. The van der Waals surface area contributed by atoms with Crippen LogP contribution in [0.3, 0.4) is 0 Å². The van der Waals surface area contributed by atoms with E-state index in [1.54, 1.807) is 0 Å². The molecule has 0 aromatic heterocycles. The van der Waals surface area contributed by atoms with Gasteiger partial charge in [0.05, 0.1) is 21.4 Å². The first kappa shape index (κ1) is 21.5. The molecule has 0 radical (unpaired) electrons. The molecular weight excluding hydrogens is 520 g/mol. The summed E-state index contributed by atoms with van der Waals surface area (Å²) in [6, 6.07) is 21.6. The SMILES string of the molecule is CC1=NN(c2cccc(C)c2)C(=O)/C1=C\c1cc(Br)cc(Br)c1OCc1ccccc1. The first-order valence-electron chi connectivity index (χ1n) is 9.76. The normalized spacial score (nSPS) is 14.8. The van der Waals surface area contributed by atoms with E-state index in [9.17, 15) is 4.79 Å². The molecular formula is C25H20Br2N2O2. The second-order valence-corrected chi connectivity index (χ2v) is 9.05. The Morgan fingerprint density at radius 1 is 1.00 bits per heavy atom. The van der Waals surface area contributed by atoms with E-state index >= 15 is 0 Å². The maximum Gasteiger partial charge on any atom is 0.280 e. The number of aryl methyl sites for hydroxylation is 1. The Kier molecular flexibility index (Phi) is 6.39. The third-order valence-electron chi connectivity index (χ3n) is 4.87. The summed E-state index contributed by atoms with van der Waals surface area (Å²) in [7, 11) is 0. The number of hydrogen-bond donors (Lipinski definition) is 0. The standard InChI is InChI=1S/C25H20Br2N2O2/c1-16-7-6-10-21(11-16)29-25(30)22(17(2)28-29)13-19-12-20(26)14-23(27)24(19)31-15-18-8-4-3-5-9-18/h3-14H,15H2,1-2H3/b22-13-. The highest BCUT2D eigenvalue weighted by molar-refractivity contribution is 9.11. The summed E-state index contributed by atoms with van der Waals surface area (Å²) in [5, 5.41) is 5.94. The number of benzene rings is 3. The van der Waals surface area contributed by atoms with Gasteiger partial charge in [0.25, 0.3) is 5.91 Å². The van der Waals surface area contributed by atoms with E-state index in [2.05, 4.69) is 37.0 Å². The molecule has 1 heterocycles. The molecule has 1 aliphatic heterocycles. The minimum absolute atomic E-state index is 0.159. The second-order valence-electron chi connectivity index (χ2n) is 7.28. The zero-order chi connectivity index (χ0) is 22.0. The van der Waals surface area contributed by atoms with Gasteiger partial charge in [0.1, 0.15) is 12.4 Å². The fourth-order valence-corrected chi connectivity index (χ4v) is 4.72. The summed E-state index contributed by atoms with van der Waals surface area (Å²) < 4.78 is 7.83. The smallest absolute Gasteiger partial charge is 0.280 e. The quantitative estimate of drug-likeness (QED) is 0.331. The molecule has 0 spiro atoms. The molecule has 6 heteroatoms. The molecule has 1 aliphatic rings. The van der Waals surface area contributed by atoms with Crippen LogP contribution in [0, 0.1) is 6.92 Å². The van der Waals surface area contributed by atoms with Gasteiger partial charge in [0.15, 0.2) is 0 Å². The van der Waals surface area contributed by atoms with Crippen LogP contribution in [-0.4, -0.2) is 11.6 Å². The van der Waals surface area contributed by atoms with Crippen LogP contribution in [0.4, 0.5) is 5.69 Å². The van der Waals surface area contributed by atoms with Gasteiger partial charge < -0.3 is 4.74 Å². The van der Waals surface area contributed by atoms with Crippen molar-refractivity contribution in [1.82, 2.24) is 0 Å². The van der Waals surface area contributed by atoms with Crippen LogP contribution in [0.15, 0.2) is 86.3 Å². The van der Waals surface area contributed by atoms with Crippen molar-refractivity contribution in [2.75, 3.05) is 5.01 Å². The monoisotopic (exact) mass is 538 g/mol. The maximum atomic E-state index is 13.2. The van der Waals surface area contributed by atoms with Crippen molar-refractivity contribution >= 4 is 55.2 Å². The van der Waals surface area contributed by atoms with E-state index in [0.29, 0.717) is 23.6 Å². The van der Waals surface area contributed by atoms with Crippen LogP contribution >= 0.6 is 31.9 Å². The molecule has 156 valence electrons. The van der Waals surface area contributed by atoms with Crippen molar-refractivity contribution in [2.24, 2.45) is 5.10 Å². The van der Waals surface area contributed by atoms with Crippen molar-refractivity contribution in [3.05, 3.63) is 97.9 Å². The Labute approximate surface area is 198 Å². The summed E-state index contributed by atoms with van der Waals surface area (Å²) in [6.07, 6.45) is 1.84. The number of rotatable bonds is 5. The Morgan fingerprint density at radius 3 is 2.52 bits per heavy atom. The molecule has 0 saturated carbocycles. The summed E-state index contributed by atoms with van der Waals surface area (Å²) in [6.45, 7) is 4.26. The Hall–Kier alpha value is -2.70. The van der Waals surface area contributed by atoms with E-state index in [1.165, 1.54) is 5.01 Å². The number of ether oxygens (including phenoxy) is 1. The number of hydrazone groups is 1. The Bertz CT molecular complexity index is 1200. The van der Waals surface area contributed by atoms with E-state index in [-0.39, 0.29) is 5.91 Å². The predicted octanol–water partition coefficient (Wildman–Crippen LogP) is 6.91. The van der Waals surface area contributed by atoms with E-state index < -0.39 is 0 Å². The van der Waals surface area contributed by atoms with Crippen molar-refractivity contribution in [1.29, 1.82) is 0 Å². The van der Waals surface area contributed by atoms with Crippen molar-refractivity contribution < 1.29 is 9.53 Å². The predicted molar refractivity (Wildman–Crippen MR) is 132 cm³/mol. The van der Waals surface area contributed by atoms with Crippen LogP contribution in [-0.2, 0) is 11.4 Å². The minimum atomic E-state index is -0.159. The molecule has 3 aromatic rings. The maximum absolute atomic E-state index is 13.2. The summed E-state index contributed by atoms with van der Waals surface area (Å²) in [4.78, 5) is 13.2. The van der Waals surface area contributed by atoms with Gasteiger partial charge in [-0.3, -0.25) is 4.79 Å². The van der Waals surface area contributed by atoms with Gasteiger partial charge in [-0.1, -0.05) is 58.4 Å². The summed E-state index contributed by atoms with van der Waals surface area (Å²) in [5.41, 5.74) is 4.89. The van der Waals surface area contributed by atoms with Crippen molar-refractivity contribution in [2.45, 2.75) is 20.5 Å². The van der Waals surface area contributed by atoms with Crippen molar-refractivity contribution in [3.63, 3.8) is 0 Å². The molecule has 31 heavy (non-hydrogen) atoms. The molecule has 0 unspecified atom stereocenters. The highest BCUT2D eigenvalue weighted by atomic mass is 79.9. The topological polar surface area (TPSA) is 41.9 Å². The molecule has 4 rings (SSSR count). The number of amides is 1. The number of carbonyl (C=O) groups is 1. The molecule has 0 bridgehead atoms. The molecule has 1 amide bonds. The number of hydrogen-bond acceptors (Lipinski definition) is 3.